The third-order valence-corrected chi connectivity index (χ3v) is 3.97. The number of hydrogen-bond donors (Lipinski definition) is 1. The Kier molecular flexibility index (Phi) is 3.97. The van der Waals surface area contributed by atoms with Crippen LogP contribution in [-0.2, 0) is 0 Å². The molecule has 2 rings (SSSR count). The number of nitrogens with one attached hydrogen (secondary N) is 1. The molecule has 0 saturated heterocycles. The molecule has 4 nitrogen and oxygen atoms in total. The minimum atomic E-state index is -0.348. The van der Waals surface area contributed by atoms with E-state index in [0.29, 0.717) is 17.9 Å². The fourth-order valence-electron chi connectivity index (χ4n) is 2.67. The number of hydrogen-bond acceptors (Lipinski definition) is 3. The highest BCUT2D eigenvalue weighted by molar-refractivity contribution is 5.35. The van der Waals surface area contributed by atoms with Gasteiger partial charge in [0.2, 0.25) is 0 Å². The van der Waals surface area contributed by atoms with E-state index < -0.39 is 0 Å². The van der Waals surface area contributed by atoms with E-state index in [9.17, 15) is 10.1 Å². The smallest absolute Gasteiger partial charge is 0.269 e. The Morgan fingerprint density at radius 2 is 2.06 bits per heavy atom. The van der Waals surface area contributed by atoms with E-state index in [-0.39, 0.29) is 10.6 Å². The summed E-state index contributed by atoms with van der Waals surface area (Å²) in [5.74, 6) is 1.15. The van der Waals surface area contributed by atoms with E-state index in [2.05, 4.69) is 19.2 Å². The molecule has 1 saturated carbocycles. The second-order valence-corrected chi connectivity index (χ2v) is 5.11. The summed E-state index contributed by atoms with van der Waals surface area (Å²) in [7, 11) is 0. The van der Waals surface area contributed by atoms with Crippen LogP contribution in [-0.4, -0.2) is 17.5 Å². The second-order valence-electron chi connectivity index (χ2n) is 5.11. The lowest BCUT2D eigenvalue weighted by atomic mass is 9.67. The summed E-state index contributed by atoms with van der Waals surface area (Å²) in [5.41, 5.74) is 1.40. The van der Waals surface area contributed by atoms with E-state index in [1.54, 1.807) is 12.1 Å². The van der Waals surface area contributed by atoms with Crippen LogP contribution in [0.5, 0.6) is 0 Å². The van der Waals surface area contributed by atoms with Crippen molar-refractivity contribution < 1.29 is 4.92 Å². The predicted molar refractivity (Wildman–Crippen MR) is 71.7 cm³/mol. The van der Waals surface area contributed by atoms with Crippen molar-refractivity contribution in [1.82, 2.24) is 5.32 Å². The normalized spacial score (nSPS) is 26.7. The van der Waals surface area contributed by atoms with Gasteiger partial charge >= 0.3 is 0 Å². The fourth-order valence-corrected chi connectivity index (χ4v) is 2.67. The van der Waals surface area contributed by atoms with Crippen LogP contribution in [0.2, 0.25) is 0 Å². The average molecular weight is 248 g/mol. The van der Waals surface area contributed by atoms with Gasteiger partial charge in [-0.3, -0.25) is 10.1 Å². The van der Waals surface area contributed by atoms with Gasteiger partial charge in [-0.1, -0.05) is 26.0 Å². The molecule has 0 spiro atoms. The molecule has 0 radical (unpaired) electrons. The fraction of sp³-hybridized carbons (Fsp3) is 0.571. The Hall–Kier alpha value is -1.42. The molecule has 4 heteroatoms. The van der Waals surface area contributed by atoms with Gasteiger partial charge in [0, 0.05) is 18.2 Å². The van der Waals surface area contributed by atoms with Gasteiger partial charge in [0.1, 0.15) is 0 Å². The lowest BCUT2D eigenvalue weighted by molar-refractivity contribution is -0.384. The summed E-state index contributed by atoms with van der Waals surface area (Å²) >= 11 is 0. The minimum Gasteiger partial charge on any atom is -0.314 e. The average Bonchev–Trinajstić information content (AvgIpc) is 2.37. The van der Waals surface area contributed by atoms with Crippen LogP contribution < -0.4 is 5.32 Å². The summed E-state index contributed by atoms with van der Waals surface area (Å²) in [6.45, 7) is 5.50. The Morgan fingerprint density at radius 3 is 2.56 bits per heavy atom. The van der Waals surface area contributed by atoms with E-state index in [1.807, 2.05) is 12.1 Å². The van der Waals surface area contributed by atoms with Crippen molar-refractivity contribution >= 4 is 5.69 Å². The number of rotatable bonds is 5. The Balaban J connectivity index is 1.96. The van der Waals surface area contributed by atoms with Gasteiger partial charge in [-0.25, -0.2) is 0 Å². The molecule has 0 aliphatic heterocycles. The van der Waals surface area contributed by atoms with Gasteiger partial charge in [0.05, 0.1) is 4.92 Å². The van der Waals surface area contributed by atoms with Gasteiger partial charge < -0.3 is 5.32 Å². The SMILES string of the molecule is CCCNC1CC(c2ccc([N+](=O)[O-])cc2)C1C. The van der Waals surface area contributed by atoms with Crippen LogP contribution >= 0.6 is 0 Å². The van der Waals surface area contributed by atoms with E-state index in [4.69, 9.17) is 0 Å². The van der Waals surface area contributed by atoms with E-state index >= 15 is 0 Å². The monoisotopic (exact) mass is 248 g/mol. The van der Waals surface area contributed by atoms with Gasteiger partial charge in [0.15, 0.2) is 0 Å². The zero-order chi connectivity index (χ0) is 13.1. The topological polar surface area (TPSA) is 55.2 Å². The molecule has 1 aliphatic rings. The van der Waals surface area contributed by atoms with Crippen molar-refractivity contribution in [2.24, 2.45) is 5.92 Å². The number of non-ortho nitro benzene ring substituents is 1. The largest absolute Gasteiger partial charge is 0.314 e. The zero-order valence-electron chi connectivity index (χ0n) is 10.9. The first-order chi connectivity index (χ1) is 8.63. The summed E-state index contributed by atoms with van der Waals surface area (Å²) < 4.78 is 0. The number of nitrogens with zero attached hydrogens (tertiary/aromatic N) is 1. The molecular weight excluding hydrogens is 228 g/mol. The van der Waals surface area contributed by atoms with Crippen molar-refractivity contribution in [3.05, 3.63) is 39.9 Å². The molecule has 18 heavy (non-hydrogen) atoms. The quantitative estimate of drug-likeness (QED) is 0.643. The molecule has 1 N–H and O–H groups in total. The highest BCUT2D eigenvalue weighted by Gasteiger charge is 2.37. The van der Waals surface area contributed by atoms with Crippen molar-refractivity contribution in [3.8, 4) is 0 Å². The molecule has 0 heterocycles. The van der Waals surface area contributed by atoms with Gasteiger partial charge in [-0.15, -0.1) is 0 Å². The molecule has 0 amide bonds. The summed E-state index contributed by atoms with van der Waals surface area (Å²) in [6.07, 6.45) is 2.30. The molecule has 0 aromatic heterocycles. The minimum absolute atomic E-state index is 0.173. The second kappa shape index (κ2) is 5.48. The maximum atomic E-state index is 10.6. The third kappa shape index (κ3) is 2.53. The molecule has 1 aliphatic carbocycles. The molecule has 1 aromatic carbocycles. The molecule has 3 atom stereocenters. The van der Waals surface area contributed by atoms with Crippen LogP contribution in [0.25, 0.3) is 0 Å². The van der Waals surface area contributed by atoms with Crippen LogP contribution in [0.15, 0.2) is 24.3 Å². The number of nitro benzene ring substituents is 1. The lowest BCUT2D eigenvalue weighted by Gasteiger charge is -2.43. The van der Waals surface area contributed by atoms with Gasteiger partial charge in [-0.2, -0.15) is 0 Å². The van der Waals surface area contributed by atoms with Crippen molar-refractivity contribution in [2.75, 3.05) is 6.54 Å². The Labute approximate surface area is 108 Å². The first-order valence-corrected chi connectivity index (χ1v) is 6.61. The summed E-state index contributed by atoms with van der Waals surface area (Å²) in [6, 6.07) is 7.61. The first kappa shape index (κ1) is 13.0. The van der Waals surface area contributed by atoms with Crippen molar-refractivity contribution in [2.45, 2.75) is 38.6 Å². The van der Waals surface area contributed by atoms with E-state index in [0.717, 1.165) is 19.4 Å². The van der Waals surface area contributed by atoms with Crippen LogP contribution in [0.3, 0.4) is 0 Å². The number of nitro groups is 1. The molecule has 1 fully saturated rings. The van der Waals surface area contributed by atoms with Crippen molar-refractivity contribution in [3.63, 3.8) is 0 Å². The summed E-state index contributed by atoms with van der Waals surface area (Å²) in [5, 5.41) is 14.1. The van der Waals surface area contributed by atoms with Crippen LogP contribution in [0.1, 0.15) is 38.2 Å². The maximum Gasteiger partial charge on any atom is 0.269 e. The molecule has 1 aromatic rings. The Bertz CT molecular complexity index is 416. The predicted octanol–water partition coefficient (Wildman–Crippen LogP) is 3.09. The standard InChI is InChI=1S/C14H20N2O2/c1-3-8-15-14-9-13(10(14)2)11-4-6-12(7-5-11)16(17)18/h4-7,10,13-15H,3,8-9H2,1-2H3. The molecule has 3 unspecified atom stereocenters. The van der Waals surface area contributed by atoms with Crippen LogP contribution in [0.4, 0.5) is 5.69 Å². The Morgan fingerprint density at radius 1 is 1.39 bits per heavy atom. The van der Waals surface area contributed by atoms with E-state index in [1.165, 1.54) is 5.56 Å². The maximum absolute atomic E-state index is 10.6. The van der Waals surface area contributed by atoms with Gasteiger partial charge in [-0.05, 0) is 36.8 Å². The van der Waals surface area contributed by atoms with Crippen LogP contribution in [0, 0.1) is 16.0 Å². The number of benzene rings is 1. The molecule has 0 bridgehead atoms. The highest BCUT2D eigenvalue weighted by Crippen LogP contribution is 2.42. The zero-order valence-corrected chi connectivity index (χ0v) is 10.9. The highest BCUT2D eigenvalue weighted by atomic mass is 16.6. The lowest BCUT2D eigenvalue weighted by Crippen LogP contribution is -2.48. The first-order valence-electron chi connectivity index (χ1n) is 6.61. The molecular formula is C14H20N2O2. The van der Waals surface area contributed by atoms with Crippen molar-refractivity contribution in [1.29, 1.82) is 0 Å². The third-order valence-electron chi connectivity index (χ3n) is 3.97. The van der Waals surface area contributed by atoms with Gasteiger partial charge in [0.25, 0.3) is 5.69 Å². The molecule has 98 valence electrons. The summed E-state index contributed by atoms with van der Waals surface area (Å²) in [4.78, 5) is 10.2.